The van der Waals surface area contributed by atoms with Gasteiger partial charge in [0.25, 0.3) is 5.91 Å². The van der Waals surface area contributed by atoms with Crippen molar-refractivity contribution in [1.29, 1.82) is 0 Å². The van der Waals surface area contributed by atoms with Gasteiger partial charge in [0.1, 0.15) is 5.75 Å². The Morgan fingerprint density at radius 2 is 2.05 bits per heavy atom. The van der Waals surface area contributed by atoms with Gasteiger partial charge in [0.05, 0.1) is 23.4 Å². The van der Waals surface area contributed by atoms with Gasteiger partial charge in [-0.1, -0.05) is 6.07 Å². The van der Waals surface area contributed by atoms with Gasteiger partial charge in [0.2, 0.25) is 0 Å². The van der Waals surface area contributed by atoms with E-state index in [0.717, 1.165) is 17.1 Å². The normalized spacial score (nSPS) is 17.8. The van der Waals surface area contributed by atoms with E-state index in [4.69, 9.17) is 4.74 Å². The SMILES string of the molecule is COc1ccc(N=C2NC(=O)/C(=C/c3ccccn3)S2)cc1. The number of carbonyl (C=O) groups excluding carboxylic acids is 1. The largest absolute Gasteiger partial charge is 0.497 e. The Bertz CT molecular complexity index is 740. The van der Waals surface area contributed by atoms with Crippen LogP contribution in [0.4, 0.5) is 5.69 Å². The third kappa shape index (κ3) is 3.35. The van der Waals surface area contributed by atoms with E-state index in [-0.39, 0.29) is 5.91 Å². The Morgan fingerprint density at radius 1 is 1.23 bits per heavy atom. The van der Waals surface area contributed by atoms with Gasteiger partial charge in [-0.15, -0.1) is 0 Å². The fraction of sp³-hybridized carbons (Fsp3) is 0.0625. The second-order valence-corrected chi connectivity index (χ2v) is 5.47. The molecule has 0 spiro atoms. The van der Waals surface area contributed by atoms with Crippen LogP contribution < -0.4 is 10.1 Å². The van der Waals surface area contributed by atoms with E-state index in [9.17, 15) is 4.79 Å². The minimum atomic E-state index is -0.164. The average Bonchev–Trinajstić information content (AvgIpc) is 2.88. The molecule has 22 heavy (non-hydrogen) atoms. The highest BCUT2D eigenvalue weighted by Crippen LogP contribution is 2.28. The van der Waals surface area contributed by atoms with Gasteiger partial charge in [0.15, 0.2) is 5.17 Å². The predicted molar refractivity (Wildman–Crippen MR) is 88.0 cm³/mol. The molecule has 1 aromatic carbocycles. The molecule has 1 aliphatic rings. The van der Waals surface area contributed by atoms with Gasteiger partial charge in [-0.3, -0.25) is 9.78 Å². The number of amidine groups is 1. The maximum Gasteiger partial charge on any atom is 0.264 e. The number of thioether (sulfide) groups is 1. The number of nitrogens with one attached hydrogen (secondary N) is 1. The molecule has 1 fully saturated rings. The molecule has 0 bridgehead atoms. The van der Waals surface area contributed by atoms with Crippen molar-refractivity contribution in [2.75, 3.05) is 7.11 Å². The number of carbonyl (C=O) groups is 1. The van der Waals surface area contributed by atoms with Gasteiger partial charge in [-0.2, -0.15) is 0 Å². The lowest BCUT2D eigenvalue weighted by Gasteiger charge is -1.99. The van der Waals surface area contributed by atoms with Crippen LogP contribution in [0.5, 0.6) is 5.75 Å². The summed E-state index contributed by atoms with van der Waals surface area (Å²) in [4.78, 5) is 21.1. The molecule has 0 radical (unpaired) electrons. The van der Waals surface area contributed by atoms with Crippen molar-refractivity contribution in [3.63, 3.8) is 0 Å². The third-order valence-electron chi connectivity index (χ3n) is 2.92. The molecule has 1 saturated heterocycles. The topological polar surface area (TPSA) is 63.6 Å². The molecule has 1 aromatic heterocycles. The number of hydrogen-bond donors (Lipinski definition) is 1. The minimum absolute atomic E-state index is 0.164. The summed E-state index contributed by atoms with van der Waals surface area (Å²) in [6.07, 6.45) is 3.44. The first-order valence-electron chi connectivity index (χ1n) is 6.59. The molecule has 1 N–H and O–H groups in total. The number of amides is 1. The zero-order valence-electron chi connectivity index (χ0n) is 11.8. The highest BCUT2D eigenvalue weighted by molar-refractivity contribution is 8.18. The second-order valence-electron chi connectivity index (χ2n) is 4.43. The van der Waals surface area contributed by atoms with Crippen LogP contribution in [0, 0.1) is 0 Å². The average molecular weight is 311 g/mol. The third-order valence-corrected chi connectivity index (χ3v) is 3.83. The number of nitrogens with zero attached hydrogens (tertiary/aromatic N) is 2. The smallest absolute Gasteiger partial charge is 0.264 e. The highest BCUT2D eigenvalue weighted by Gasteiger charge is 2.23. The zero-order valence-corrected chi connectivity index (χ0v) is 12.6. The zero-order chi connectivity index (χ0) is 15.4. The number of methoxy groups -OCH3 is 1. The number of benzene rings is 1. The number of aromatic nitrogens is 1. The molecule has 2 heterocycles. The highest BCUT2D eigenvalue weighted by atomic mass is 32.2. The lowest BCUT2D eigenvalue weighted by atomic mass is 10.3. The molecule has 6 heteroatoms. The van der Waals surface area contributed by atoms with Crippen molar-refractivity contribution in [3.8, 4) is 5.75 Å². The van der Waals surface area contributed by atoms with E-state index in [2.05, 4.69) is 15.3 Å². The molecule has 0 atom stereocenters. The van der Waals surface area contributed by atoms with Crippen LogP contribution in [-0.4, -0.2) is 23.2 Å². The van der Waals surface area contributed by atoms with E-state index in [1.165, 1.54) is 11.8 Å². The van der Waals surface area contributed by atoms with Crippen LogP contribution in [0.2, 0.25) is 0 Å². The molecule has 0 unspecified atom stereocenters. The Hall–Kier alpha value is -2.60. The number of rotatable bonds is 3. The minimum Gasteiger partial charge on any atom is -0.497 e. The van der Waals surface area contributed by atoms with E-state index < -0.39 is 0 Å². The lowest BCUT2D eigenvalue weighted by Crippen LogP contribution is -2.19. The van der Waals surface area contributed by atoms with Gasteiger partial charge in [-0.25, -0.2) is 4.99 Å². The van der Waals surface area contributed by atoms with Crippen molar-refractivity contribution in [3.05, 3.63) is 59.3 Å². The van der Waals surface area contributed by atoms with Crippen molar-refractivity contribution in [1.82, 2.24) is 10.3 Å². The molecular weight excluding hydrogens is 298 g/mol. The van der Waals surface area contributed by atoms with Crippen LogP contribution in [0.15, 0.2) is 58.6 Å². The summed E-state index contributed by atoms with van der Waals surface area (Å²) in [5.74, 6) is 0.603. The number of ether oxygens (including phenoxy) is 1. The standard InChI is InChI=1S/C16H13N3O2S/c1-21-13-7-5-11(6-8-13)18-16-19-15(20)14(22-16)10-12-4-2-3-9-17-12/h2-10H,1H3,(H,18,19,20)/b14-10-. The molecule has 2 aromatic rings. The fourth-order valence-electron chi connectivity index (χ4n) is 1.85. The lowest BCUT2D eigenvalue weighted by molar-refractivity contribution is -0.115. The van der Waals surface area contributed by atoms with Gasteiger partial charge < -0.3 is 10.1 Å². The maximum absolute atomic E-state index is 12.0. The number of pyridine rings is 1. The van der Waals surface area contributed by atoms with Gasteiger partial charge >= 0.3 is 0 Å². The van der Waals surface area contributed by atoms with Crippen LogP contribution in [-0.2, 0) is 4.79 Å². The summed E-state index contributed by atoms with van der Waals surface area (Å²) >= 11 is 1.30. The summed E-state index contributed by atoms with van der Waals surface area (Å²) in [5.41, 5.74) is 1.49. The molecule has 1 aliphatic heterocycles. The van der Waals surface area contributed by atoms with Gasteiger partial charge in [0, 0.05) is 6.20 Å². The predicted octanol–water partition coefficient (Wildman–Crippen LogP) is 2.98. The quantitative estimate of drug-likeness (QED) is 0.885. The Labute approximate surface area is 132 Å². The Kier molecular flexibility index (Phi) is 4.20. The van der Waals surface area contributed by atoms with Crippen molar-refractivity contribution in [2.24, 2.45) is 4.99 Å². The van der Waals surface area contributed by atoms with Crippen LogP contribution in [0.1, 0.15) is 5.69 Å². The Morgan fingerprint density at radius 3 is 2.73 bits per heavy atom. The first-order chi connectivity index (χ1) is 10.7. The van der Waals surface area contributed by atoms with Crippen molar-refractivity contribution < 1.29 is 9.53 Å². The molecule has 110 valence electrons. The van der Waals surface area contributed by atoms with Crippen molar-refractivity contribution >= 4 is 34.6 Å². The molecular formula is C16H13N3O2S. The summed E-state index contributed by atoms with van der Waals surface area (Å²) in [6, 6.07) is 12.9. The summed E-state index contributed by atoms with van der Waals surface area (Å²) in [6.45, 7) is 0. The van der Waals surface area contributed by atoms with Crippen LogP contribution in [0.3, 0.4) is 0 Å². The maximum atomic E-state index is 12.0. The summed E-state index contributed by atoms with van der Waals surface area (Å²) in [7, 11) is 1.61. The molecule has 5 nitrogen and oxygen atoms in total. The van der Waals surface area contributed by atoms with E-state index in [0.29, 0.717) is 10.1 Å². The molecule has 3 rings (SSSR count). The molecule has 0 aliphatic carbocycles. The summed E-state index contributed by atoms with van der Waals surface area (Å²) < 4.78 is 5.10. The fourth-order valence-corrected chi connectivity index (χ4v) is 2.68. The summed E-state index contributed by atoms with van der Waals surface area (Å²) in [5, 5.41) is 3.30. The number of hydrogen-bond acceptors (Lipinski definition) is 5. The monoisotopic (exact) mass is 311 g/mol. The first-order valence-corrected chi connectivity index (χ1v) is 7.41. The number of aliphatic imine (C=N–C) groups is 1. The van der Waals surface area contributed by atoms with E-state index in [1.54, 1.807) is 19.4 Å². The van der Waals surface area contributed by atoms with Crippen LogP contribution >= 0.6 is 11.8 Å². The molecule has 1 amide bonds. The second kappa shape index (κ2) is 6.44. The van der Waals surface area contributed by atoms with Crippen LogP contribution in [0.25, 0.3) is 6.08 Å². The van der Waals surface area contributed by atoms with E-state index in [1.807, 2.05) is 42.5 Å². The first kappa shape index (κ1) is 14.3. The molecule has 0 saturated carbocycles. The van der Waals surface area contributed by atoms with Crippen molar-refractivity contribution in [2.45, 2.75) is 0 Å². The van der Waals surface area contributed by atoms with Gasteiger partial charge in [-0.05, 0) is 54.2 Å². The Balaban J connectivity index is 1.79. The van der Waals surface area contributed by atoms with E-state index >= 15 is 0 Å².